The highest BCUT2D eigenvalue weighted by atomic mass is 32.2. The predicted molar refractivity (Wildman–Crippen MR) is 128 cm³/mol. The van der Waals surface area contributed by atoms with Crippen molar-refractivity contribution in [2.45, 2.75) is 36.4 Å². The average Bonchev–Trinajstić information content (AvgIpc) is 3.32. The van der Waals surface area contributed by atoms with Gasteiger partial charge >= 0.3 is 0 Å². The van der Waals surface area contributed by atoms with E-state index < -0.39 is 5.41 Å². The summed E-state index contributed by atoms with van der Waals surface area (Å²) < 4.78 is 0.738. The molecule has 1 unspecified atom stereocenters. The Morgan fingerprint density at radius 2 is 1.94 bits per heavy atom. The molecular weight excluding hydrogens is 456 g/mol. The molecule has 1 aliphatic carbocycles. The van der Waals surface area contributed by atoms with Crippen LogP contribution in [0.5, 0.6) is 0 Å². The number of benzene rings is 1. The maximum Gasteiger partial charge on any atom is 0.247 e. The molecule has 0 saturated heterocycles. The van der Waals surface area contributed by atoms with Gasteiger partial charge in [0.25, 0.3) is 0 Å². The highest BCUT2D eigenvalue weighted by Crippen LogP contribution is 2.58. The molecule has 1 atom stereocenters. The molecule has 168 valence electrons. The normalized spacial score (nSPS) is 23.8. The summed E-state index contributed by atoms with van der Waals surface area (Å²) in [4.78, 5) is 31.0. The van der Waals surface area contributed by atoms with Crippen molar-refractivity contribution in [1.29, 1.82) is 5.26 Å². The Hall–Kier alpha value is -3.16. The predicted octanol–water partition coefficient (Wildman–Crippen LogP) is 3.33. The maximum absolute atomic E-state index is 14.0. The van der Waals surface area contributed by atoms with E-state index in [2.05, 4.69) is 16.3 Å². The fourth-order valence-corrected chi connectivity index (χ4v) is 6.56. The largest absolute Gasteiger partial charge is 0.384 e. The first-order valence-electron chi connectivity index (χ1n) is 10.4. The Morgan fingerprint density at radius 3 is 2.61 bits per heavy atom. The van der Waals surface area contributed by atoms with Crippen molar-refractivity contribution in [3.63, 3.8) is 0 Å². The van der Waals surface area contributed by atoms with Gasteiger partial charge in [0, 0.05) is 36.0 Å². The number of allylic oxidation sites excluding steroid dienone is 1. The zero-order valence-electron chi connectivity index (χ0n) is 18.7. The number of carbonyl (C=O) groups is 2. The number of likely N-dealkylation sites (N-methyl/N-ethyl adjacent to an activating group) is 1. The molecule has 3 heterocycles. The lowest BCUT2D eigenvalue weighted by Gasteiger charge is -2.45. The summed E-state index contributed by atoms with van der Waals surface area (Å²) in [5.74, 6) is -0.381. The molecule has 1 aromatic heterocycles. The zero-order chi connectivity index (χ0) is 23.7. The van der Waals surface area contributed by atoms with Crippen molar-refractivity contribution < 1.29 is 9.59 Å². The van der Waals surface area contributed by atoms with Gasteiger partial charge in [-0.15, -0.1) is 10.2 Å². The van der Waals surface area contributed by atoms with E-state index in [0.29, 0.717) is 34.1 Å². The van der Waals surface area contributed by atoms with Crippen LogP contribution < -0.4 is 15.5 Å². The van der Waals surface area contributed by atoms with Crippen LogP contribution in [0.1, 0.15) is 32.3 Å². The number of hydrogen-bond acceptors (Lipinski definition) is 9. The van der Waals surface area contributed by atoms with Gasteiger partial charge < -0.3 is 10.6 Å². The minimum absolute atomic E-state index is 0.0528. The molecular formula is C23H22N6O2S2. The lowest BCUT2D eigenvalue weighted by atomic mass is 9.61. The van der Waals surface area contributed by atoms with Crippen LogP contribution in [-0.2, 0) is 15.0 Å². The Morgan fingerprint density at radius 1 is 1.21 bits per heavy atom. The van der Waals surface area contributed by atoms with Crippen LogP contribution in [0.4, 0.5) is 10.8 Å². The number of carbonyl (C=O) groups excluding carboxylic acids is 2. The van der Waals surface area contributed by atoms with Gasteiger partial charge in [0.15, 0.2) is 10.1 Å². The van der Waals surface area contributed by atoms with E-state index in [-0.39, 0.29) is 34.9 Å². The highest BCUT2D eigenvalue weighted by molar-refractivity contribution is 8.00. The minimum Gasteiger partial charge on any atom is -0.384 e. The molecule has 2 aliphatic heterocycles. The van der Waals surface area contributed by atoms with Gasteiger partial charge in [-0.3, -0.25) is 14.5 Å². The molecule has 1 aromatic carbocycles. The third-order valence-electron chi connectivity index (χ3n) is 6.54. The van der Waals surface area contributed by atoms with Crippen LogP contribution in [0, 0.1) is 16.7 Å². The van der Waals surface area contributed by atoms with Crippen LogP contribution in [0.25, 0.3) is 0 Å². The van der Waals surface area contributed by atoms with E-state index in [1.807, 2.05) is 44.4 Å². The quantitative estimate of drug-likeness (QED) is 0.654. The van der Waals surface area contributed by atoms with Crippen molar-refractivity contribution in [2.75, 3.05) is 23.1 Å². The fraction of sp³-hybridized carbons (Fsp3) is 0.348. The SMILES string of the molecule is CSc1nnc(N2C(N)=C(C#N)C3(C(=O)N(C)c4ccccc43)C3=C2CC(C)(C)CC3=O)s1. The minimum atomic E-state index is -1.56. The second kappa shape index (κ2) is 7.17. The van der Waals surface area contributed by atoms with Gasteiger partial charge in [0.2, 0.25) is 11.0 Å². The molecule has 2 N–H and O–H groups in total. The molecule has 1 spiro atoms. The second-order valence-electron chi connectivity index (χ2n) is 9.16. The van der Waals surface area contributed by atoms with Crippen LogP contribution in [0.2, 0.25) is 0 Å². The topological polar surface area (TPSA) is 116 Å². The van der Waals surface area contributed by atoms with E-state index in [1.54, 1.807) is 11.9 Å². The number of anilines is 2. The van der Waals surface area contributed by atoms with E-state index in [4.69, 9.17) is 5.73 Å². The second-order valence-corrected chi connectivity index (χ2v) is 11.2. The first-order valence-corrected chi connectivity index (χ1v) is 12.4. The summed E-state index contributed by atoms with van der Waals surface area (Å²) in [6, 6.07) is 9.49. The first-order chi connectivity index (χ1) is 15.7. The Labute approximate surface area is 199 Å². The number of ketones is 1. The highest BCUT2D eigenvalue weighted by Gasteiger charge is 2.62. The standard InChI is InChI=1S/C23H22N6O2S2/c1-22(2)9-15-17(16(30)10-22)23(12-7-5-6-8-14(12)28(3)19(23)31)13(11-24)18(25)29(15)20-26-27-21(32-4)33-20/h5-8H,9-10,25H2,1-4H3. The number of amides is 1. The molecule has 8 nitrogen and oxygen atoms in total. The van der Waals surface area contributed by atoms with Crippen molar-refractivity contribution in [2.24, 2.45) is 11.1 Å². The third-order valence-corrected chi connectivity index (χ3v) is 8.42. The van der Waals surface area contributed by atoms with E-state index in [0.717, 1.165) is 4.34 Å². The van der Waals surface area contributed by atoms with Crippen molar-refractivity contribution >= 4 is 45.6 Å². The molecule has 1 amide bonds. The van der Waals surface area contributed by atoms with Gasteiger partial charge in [-0.1, -0.05) is 55.1 Å². The average molecular weight is 479 g/mol. The van der Waals surface area contributed by atoms with Crippen molar-refractivity contribution in [1.82, 2.24) is 10.2 Å². The van der Waals surface area contributed by atoms with Crippen LogP contribution in [0.15, 0.2) is 51.3 Å². The van der Waals surface area contributed by atoms with E-state index in [1.165, 1.54) is 28.0 Å². The summed E-state index contributed by atoms with van der Waals surface area (Å²) in [6.45, 7) is 4.03. The number of aromatic nitrogens is 2. The van der Waals surface area contributed by atoms with Gasteiger partial charge in [-0.05, 0) is 24.2 Å². The van der Waals surface area contributed by atoms with E-state index >= 15 is 0 Å². The number of hydrogen-bond donors (Lipinski definition) is 1. The smallest absolute Gasteiger partial charge is 0.247 e. The van der Waals surface area contributed by atoms with Crippen LogP contribution in [-0.4, -0.2) is 35.2 Å². The number of para-hydroxylation sites is 1. The number of Topliss-reactive ketones (excluding diaryl/α,β-unsaturated/α-hetero) is 1. The molecule has 0 fully saturated rings. The number of rotatable bonds is 2. The van der Waals surface area contributed by atoms with Crippen LogP contribution in [0.3, 0.4) is 0 Å². The molecule has 33 heavy (non-hydrogen) atoms. The number of fused-ring (bicyclic) bond motifs is 3. The molecule has 5 rings (SSSR count). The van der Waals surface area contributed by atoms with Gasteiger partial charge in [-0.25, -0.2) is 0 Å². The lowest BCUT2D eigenvalue weighted by molar-refractivity contribution is -0.124. The Bertz CT molecular complexity index is 1330. The van der Waals surface area contributed by atoms with Gasteiger partial charge in [-0.2, -0.15) is 5.26 Å². The number of thioether (sulfide) groups is 1. The first kappa shape index (κ1) is 21.7. The molecule has 2 aromatic rings. The summed E-state index contributed by atoms with van der Waals surface area (Å²) in [7, 11) is 1.67. The third kappa shape index (κ3) is 2.75. The number of nitrogens with two attached hydrogens (primary N) is 1. The van der Waals surface area contributed by atoms with E-state index in [9.17, 15) is 14.9 Å². The number of nitriles is 1. The molecule has 10 heteroatoms. The monoisotopic (exact) mass is 478 g/mol. The van der Waals surface area contributed by atoms with Crippen molar-refractivity contribution in [3.8, 4) is 6.07 Å². The Balaban J connectivity index is 1.90. The number of nitrogens with zero attached hydrogens (tertiary/aromatic N) is 5. The summed E-state index contributed by atoms with van der Waals surface area (Å²) in [6.07, 6.45) is 2.67. The molecule has 0 radical (unpaired) electrons. The zero-order valence-corrected chi connectivity index (χ0v) is 20.3. The van der Waals surface area contributed by atoms with Crippen LogP contribution >= 0.6 is 23.1 Å². The molecule has 0 saturated carbocycles. The molecule has 0 bridgehead atoms. The Kier molecular flexibility index (Phi) is 4.71. The molecule has 3 aliphatic rings. The summed E-state index contributed by atoms with van der Waals surface area (Å²) >= 11 is 2.79. The van der Waals surface area contributed by atoms with Gasteiger partial charge in [0.05, 0.1) is 5.57 Å². The lowest BCUT2D eigenvalue weighted by Crippen LogP contribution is -2.53. The summed E-state index contributed by atoms with van der Waals surface area (Å²) in [5.41, 5.74) is 7.05. The van der Waals surface area contributed by atoms with Gasteiger partial charge in [0.1, 0.15) is 17.3 Å². The summed E-state index contributed by atoms with van der Waals surface area (Å²) in [5, 5.41) is 19.3. The fourth-order valence-electron chi connectivity index (χ4n) is 5.26. The maximum atomic E-state index is 14.0. The van der Waals surface area contributed by atoms with Crippen molar-refractivity contribution in [3.05, 3.63) is 52.5 Å².